The average molecular weight is 444 g/mol. The lowest BCUT2D eigenvalue weighted by Gasteiger charge is -2.16. The number of rotatable bonds is 5. The van der Waals surface area contributed by atoms with Gasteiger partial charge in [0.15, 0.2) is 0 Å². The first-order valence-electron chi connectivity index (χ1n) is 11.3. The van der Waals surface area contributed by atoms with E-state index in [0.29, 0.717) is 30.0 Å². The van der Waals surface area contributed by atoms with Gasteiger partial charge in [-0.3, -0.25) is 4.79 Å². The van der Waals surface area contributed by atoms with Gasteiger partial charge in [0.1, 0.15) is 17.2 Å². The number of furan rings is 1. The number of H-pyrrole nitrogens is 1. The van der Waals surface area contributed by atoms with Crippen LogP contribution in [0.25, 0.3) is 27.8 Å². The maximum absolute atomic E-state index is 12.6. The van der Waals surface area contributed by atoms with Crippen molar-refractivity contribution in [1.82, 2.24) is 19.7 Å². The minimum Gasteiger partial charge on any atom is -0.507 e. The van der Waals surface area contributed by atoms with Crippen molar-refractivity contribution in [2.75, 3.05) is 13.1 Å². The van der Waals surface area contributed by atoms with Crippen LogP contribution >= 0.6 is 0 Å². The predicted octanol–water partition coefficient (Wildman–Crippen LogP) is 3.48. The van der Waals surface area contributed by atoms with E-state index in [2.05, 4.69) is 10.2 Å². The summed E-state index contributed by atoms with van der Waals surface area (Å²) >= 11 is 0. The van der Waals surface area contributed by atoms with Gasteiger partial charge in [-0.15, -0.1) is 0 Å². The fraction of sp³-hybridized carbons (Fsp3) is 0.320. The molecule has 2 N–H and O–H groups in total. The summed E-state index contributed by atoms with van der Waals surface area (Å²) in [5, 5.41) is 18.5. The zero-order valence-corrected chi connectivity index (χ0v) is 18.0. The number of amides is 1. The minimum atomic E-state index is -0.346. The van der Waals surface area contributed by atoms with Gasteiger partial charge >= 0.3 is 5.69 Å². The van der Waals surface area contributed by atoms with Gasteiger partial charge in [-0.1, -0.05) is 6.07 Å². The maximum atomic E-state index is 12.6. The molecule has 8 nitrogen and oxygen atoms in total. The Balaban J connectivity index is 1.25. The molecule has 0 spiro atoms. The topological polar surface area (TPSA) is 104 Å². The minimum absolute atomic E-state index is 0.0801. The van der Waals surface area contributed by atoms with Crippen LogP contribution in [0.5, 0.6) is 5.75 Å². The highest BCUT2D eigenvalue weighted by Crippen LogP contribution is 2.35. The lowest BCUT2D eigenvalue weighted by Crippen LogP contribution is -2.30. The molecule has 0 bridgehead atoms. The second kappa shape index (κ2) is 7.65. The van der Waals surface area contributed by atoms with Crippen molar-refractivity contribution in [3.63, 3.8) is 0 Å². The van der Waals surface area contributed by atoms with Crippen LogP contribution in [-0.2, 0) is 11.2 Å². The Hall–Kier alpha value is -3.81. The summed E-state index contributed by atoms with van der Waals surface area (Å²) in [4.78, 5) is 26.9. The van der Waals surface area contributed by atoms with Crippen molar-refractivity contribution >= 4 is 16.9 Å². The van der Waals surface area contributed by atoms with E-state index in [1.54, 1.807) is 18.4 Å². The number of aromatic amines is 1. The summed E-state index contributed by atoms with van der Waals surface area (Å²) in [6.07, 6.45) is 5.14. The molecule has 1 saturated carbocycles. The molecule has 0 radical (unpaired) electrons. The number of carbonyl (C=O) groups is 1. The zero-order chi connectivity index (χ0) is 22.5. The van der Waals surface area contributed by atoms with Gasteiger partial charge in [0, 0.05) is 42.4 Å². The number of hydrogen-bond acceptors (Lipinski definition) is 5. The molecule has 8 heteroatoms. The fourth-order valence-electron chi connectivity index (χ4n) is 4.82. The molecule has 1 unspecified atom stereocenters. The summed E-state index contributed by atoms with van der Waals surface area (Å²) < 4.78 is 6.90. The number of phenols is 1. The number of aromatic hydroxyl groups is 1. The van der Waals surface area contributed by atoms with E-state index in [-0.39, 0.29) is 29.2 Å². The van der Waals surface area contributed by atoms with Crippen molar-refractivity contribution < 1.29 is 14.3 Å². The summed E-state index contributed by atoms with van der Waals surface area (Å²) in [5.41, 5.74) is 2.52. The molecule has 2 aromatic carbocycles. The first-order chi connectivity index (χ1) is 16.1. The Kier molecular flexibility index (Phi) is 4.60. The molecule has 6 rings (SSSR count). The van der Waals surface area contributed by atoms with Gasteiger partial charge in [0.2, 0.25) is 5.91 Å². The van der Waals surface area contributed by atoms with Crippen molar-refractivity contribution in [3.05, 3.63) is 65.0 Å². The highest BCUT2D eigenvalue weighted by atomic mass is 16.3. The molecule has 2 aromatic heterocycles. The molecule has 1 saturated heterocycles. The largest absolute Gasteiger partial charge is 0.507 e. The Labute approximate surface area is 189 Å². The van der Waals surface area contributed by atoms with Gasteiger partial charge < -0.3 is 14.4 Å². The normalized spacial score (nSPS) is 18.3. The van der Waals surface area contributed by atoms with E-state index in [1.807, 2.05) is 35.2 Å². The van der Waals surface area contributed by atoms with E-state index in [1.165, 1.54) is 4.57 Å². The third-order valence-electron chi connectivity index (χ3n) is 6.74. The molecule has 4 aromatic rings. The summed E-state index contributed by atoms with van der Waals surface area (Å²) in [6, 6.07) is 12.8. The Morgan fingerprint density at radius 3 is 2.85 bits per heavy atom. The van der Waals surface area contributed by atoms with Crippen LogP contribution in [0.15, 0.2) is 57.9 Å². The summed E-state index contributed by atoms with van der Waals surface area (Å²) in [7, 11) is 0. The molecule has 1 aliphatic heterocycles. The lowest BCUT2D eigenvalue weighted by atomic mass is 10.0. The molecule has 168 valence electrons. The highest BCUT2D eigenvalue weighted by Gasteiger charge is 2.37. The van der Waals surface area contributed by atoms with Gasteiger partial charge in [-0.2, -0.15) is 5.10 Å². The number of phenolic OH excluding ortho intramolecular Hbond substituents is 1. The molecule has 2 fully saturated rings. The van der Waals surface area contributed by atoms with E-state index < -0.39 is 0 Å². The predicted molar refractivity (Wildman–Crippen MR) is 122 cm³/mol. The van der Waals surface area contributed by atoms with Gasteiger partial charge in [0.25, 0.3) is 0 Å². The van der Waals surface area contributed by atoms with Crippen LogP contribution in [0.2, 0.25) is 0 Å². The van der Waals surface area contributed by atoms with E-state index >= 15 is 0 Å². The Morgan fingerprint density at radius 2 is 2.03 bits per heavy atom. The smallest absolute Gasteiger partial charge is 0.347 e. The monoisotopic (exact) mass is 444 g/mol. The maximum Gasteiger partial charge on any atom is 0.347 e. The second-order valence-electron chi connectivity index (χ2n) is 9.07. The van der Waals surface area contributed by atoms with Crippen LogP contribution in [0.1, 0.15) is 25.1 Å². The molecule has 1 atom stereocenters. The number of fused-ring (bicyclic) bond motifs is 1. The number of carbonyl (C=O) groups excluding carboxylic acids is 1. The Morgan fingerprint density at radius 1 is 1.15 bits per heavy atom. The number of hydrogen-bond donors (Lipinski definition) is 2. The molecule has 3 heterocycles. The fourth-order valence-corrected chi connectivity index (χ4v) is 4.82. The number of nitrogens with one attached hydrogen (secondary N) is 1. The molecule has 33 heavy (non-hydrogen) atoms. The lowest BCUT2D eigenvalue weighted by molar-refractivity contribution is -0.131. The third kappa shape index (κ3) is 3.61. The first-order valence-corrected chi connectivity index (χ1v) is 11.3. The van der Waals surface area contributed by atoms with Crippen LogP contribution in [-0.4, -0.2) is 43.8 Å². The molecule has 2 aliphatic rings. The third-order valence-corrected chi connectivity index (χ3v) is 6.74. The van der Waals surface area contributed by atoms with Crippen LogP contribution in [0, 0.1) is 11.8 Å². The van der Waals surface area contributed by atoms with Crippen LogP contribution < -0.4 is 5.69 Å². The van der Waals surface area contributed by atoms with Crippen LogP contribution in [0.4, 0.5) is 0 Å². The highest BCUT2D eigenvalue weighted by molar-refractivity contribution is 5.85. The number of benzene rings is 2. The Bertz CT molecular complexity index is 1410. The summed E-state index contributed by atoms with van der Waals surface area (Å²) in [6.45, 7) is 1.47. The SMILES string of the molecule is O=C(C1CC1)N1CCC(Cc2n[nH]c(=O)n2-c2ccc(-c3ccc4occc4c3)c(O)c2)C1. The number of nitrogens with zero attached hydrogens (tertiary/aromatic N) is 3. The molecular formula is C25H24N4O4. The molecule has 1 aliphatic carbocycles. The van der Waals surface area contributed by atoms with Crippen molar-refractivity contribution in [2.24, 2.45) is 11.8 Å². The van der Waals surface area contributed by atoms with Crippen molar-refractivity contribution in [2.45, 2.75) is 25.7 Å². The van der Waals surface area contributed by atoms with Gasteiger partial charge in [0.05, 0.1) is 12.0 Å². The van der Waals surface area contributed by atoms with Crippen molar-refractivity contribution in [1.29, 1.82) is 0 Å². The van der Waals surface area contributed by atoms with Gasteiger partial charge in [-0.05, 0) is 61.1 Å². The quantitative estimate of drug-likeness (QED) is 0.490. The van der Waals surface area contributed by atoms with E-state index in [9.17, 15) is 14.7 Å². The second-order valence-corrected chi connectivity index (χ2v) is 9.07. The number of likely N-dealkylation sites (tertiary alicyclic amines) is 1. The zero-order valence-electron chi connectivity index (χ0n) is 18.0. The van der Waals surface area contributed by atoms with Gasteiger partial charge in [-0.25, -0.2) is 14.5 Å². The molecule has 1 amide bonds. The van der Waals surface area contributed by atoms with Crippen molar-refractivity contribution in [3.8, 4) is 22.6 Å². The molecular weight excluding hydrogens is 420 g/mol. The first kappa shape index (κ1) is 19.8. The van der Waals surface area contributed by atoms with E-state index in [0.717, 1.165) is 42.3 Å². The van der Waals surface area contributed by atoms with Crippen LogP contribution in [0.3, 0.4) is 0 Å². The van der Waals surface area contributed by atoms with E-state index in [4.69, 9.17) is 4.42 Å². The summed E-state index contributed by atoms with van der Waals surface area (Å²) in [5.74, 6) is 1.44. The number of aromatic nitrogens is 3. The average Bonchev–Trinajstić information content (AvgIpc) is 3.20. The standard InChI is InChI=1S/C25H24N4O4/c30-21-13-19(4-5-20(21)17-3-6-22-18(12-17)8-10-33-22)29-23(26-27-25(29)32)11-15-7-9-28(14-15)24(31)16-1-2-16/h3-6,8,10,12-13,15-16,30H,1-2,7,9,11,14H2,(H,27,32).